The second kappa shape index (κ2) is 5.77. The van der Waals surface area contributed by atoms with Crippen molar-refractivity contribution in [2.45, 2.75) is 70.5 Å². The number of hydrogen-bond donors (Lipinski definition) is 1. The van der Waals surface area contributed by atoms with Gasteiger partial charge in [-0.15, -0.1) is 4.13 Å². The summed E-state index contributed by atoms with van der Waals surface area (Å²) < 4.78 is 52.1. The highest BCUT2D eigenvalue weighted by molar-refractivity contribution is 8.05. The molecule has 2 atom stereocenters. The van der Waals surface area contributed by atoms with Gasteiger partial charge < -0.3 is 0 Å². The molecule has 0 aliphatic heterocycles. The summed E-state index contributed by atoms with van der Waals surface area (Å²) in [5.41, 5.74) is -1.33. The van der Waals surface area contributed by atoms with Gasteiger partial charge in [-0.25, -0.2) is 16.8 Å². The lowest BCUT2D eigenvalue weighted by Crippen LogP contribution is -2.48. The first-order chi connectivity index (χ1) is 11.0. The van der Waals surface area contributed by atoms with Crippen molar-refractivity contribution in [1.29, 1.82) is 0 Å². The van der Waals surface area contributed by atoms with E-state index in [2.05, 4.69) is 0 Å². The van der Waals surface area contributed by atoms with E-state index in [1.807, 2.05) is 18.0 Å². The third kappa shape index (κ3) is 2.84. The maximum Gasteiger partial charge on any atom is 0.227 e. The lowest BCUT2D eigenvalue weighted by molar-refractivity contribution is -0.128. The van der Waals surface area contributed by atoms with Crippen LogP contribution in [0, 0.1) is 16.7 Å². The fourth-order valence-corrected chi connectivity index (χ4v) is 9.56. The Kier molecular flexibility index (Phi) is 4.41. The quantitative estimate of drug-likeness (QED) is 0.790. The maximum atomic E-state index is 12.6. The van der Waals surface area contributed by atoms with E-state index in [0.717, 1.165) is 25.7 Å². The molecule has 3 fully saturated rings. The highest BCUT2D eigenvalue weighted by Gasteiger charge is 2.65. The molecule has 2 bridgehead atoms. The Balaban J connectivity index is 1.80. The molecule has 0 aromatic rings. The Morgan fingerprint density at radius 2 is 1.67 bits per heavy atom. The first-order valence-electron chi connectivity index (χ1n) is 8.79. The van der Waals surface area contributed by atoms with Gasteiger partial charge in [-0.1, -0.05) is 33.1 Å². The molecule has 1 N–H and O–H groups in total. The van der Waals surface area contributed by atoms with Crippen molar-refractivity contribution in [2.24, 2.45) is 16.7 Å². The smallest absolute Gasteiger partial charge is 0.227 e. The number of Topliss-reactive ketones (excluding diaryl/α,β-unsaturated/α-hetero) is 1. The van der Waals surface area contributed by atoms with Gasteiger partial charge in [0.2, 0.25) is 20.0 Å². The number of rotatable bonds is 5. The third-order valence-electron chi connectivity index (χ3n) is 6.81. The van der Waals surface area contributed by atoms with Crippen LogP contribution in [-0.2, 0) is 24.8 Å². The van der Waals surface area contributed by atoms with Crippen molar-refractivity contribution < 1.29 is 21.6 Å². The van der Waals surface area contributed by atoms with Crippen LogP contribution in [0.2, 0.25) is 0 Å². The van der Waals surface area contributed by atoms with Gasteiger partial charge >= 0.3 is 0 Å². The maximum absolute atomic E-state index is 12.6. The standard InChI is InChI=1S/C16H27NO5S2/c1-15(2)12-8-9-16(15,14(18)10-12)11-23(19,20)17-24(21,22)13-6-4-3-5-7-13/h12-13,17H,3-11H2,1-2H3. The molecular formula is C16H27NO5S2. The first kappa shape index (κ1) is 18.3. The fraction of sp³-hybridized carbons (Fsp3) is 0.938. The molecule has 0 aromatic heterocycles. The first-order valence-corrected chi connectivity index (χ1v) is 12.0. The lowest BCUT2D eigenvalue weighted by atomic mass is 9.70. The third-order valence-corrected chi connectivity index (χ3v) is 11.0. The Morgan fingerprint density at radius 1 is 1.04 bits per heavy atom. The Labute approximate surface area is 144 Å². The zero-order valence-electron chi connectivity index (χ0n) is 14.4. The summed E-state index contributed by atoms with van der Waals surface area (Å²) >= 11 is 0. The van der Waals surface area contributed by atoms with Crippen LogP contribution < -0.4 is 4.13 Å². The van der Waals surface area contributed by atoms with E-state index < -0.39 is 41.9 Å². The molecular weight excluding hydrogens is 350 g/mol. The molecule has 0 amide bonds. The van der Waals surface area contributed by atoms with Crippen LogP contribution >= 0.6 is 0 Å². The minimum Gasteiger partial charge on any atom is -0.299 e. The van der Waals surface area contributed by atoms with Gasteiger partial charge in [0, 0.05) is 11.8 Å². The normalized spacial score (nSPS) is 33.9. The number of carbonyl (C=O) groups is 1. The van der Waals surface area contributed by atoms with E-state index in [-0.39, 0.29) is 11.7 Å². The lowest BCUT2D eigenvalue weighted by Gasteiger charge is -2.36. The van der Waals surface area contributed by atoms with Gasteiger partial charge in [-0.3, -0.25) is 4.79 Å². The second-order valence-corrected chi connectivity index (χ2v) is 12.3. The molecule has 24 heavy (non-hydrogen) atoms. The van der Waals surface area contributed by atoms with E-state index in [1.54, 1.807) is 0 Å². The number of nitrogens with one attached hydrogen (secondary N) is 1. The molecule has 3 rings (SSSR count). The summed E-state index contributed by atoms with van der Waals surface area (Å²) in [6.07, 6.45) is 5.40. The van der Waals surface area contributed by atoms with E-state index >= 15 is 0 Å². The monoisotopic (exact) mass is 377 g/mol. The summed E-state index contributed by atoms with van der Waals surface area (Å²) in [5, 5.41) is -0.637. The minimum absolute atomic E-state index is 0.0239. The second-order valence-electron chi connectivity index (χ2n) is 8.31. The molecule has 0 spiro atoms. The van der Waals surface area contributed by atoms with E-state index in [4.69, 9.17) is 0 Å². The van der Waals surface area contributed by atoms with Crippen LogP contribution in [0.4, 0.5) is 0 Å². The molecule has 0 heterocycles. The number of sulfonamides is 2. The molecule has 3 aliphatic carbocycles. The highest BCUT2D eigenvalue weighted by Crippen LogP contribution is 2.64. The number of hydrogen-bond acceptors (Lipinski definition) is 5. The molecule has 3 saturated carbocycles. The molecule has 6 nitrogen and oxygen atoms in total. The molecule has 0 radical (unpaired) electrons. The largest absolute Gasteiger partial charge is 0.299 e. The molecule has 138 valence electrons. The van der Waals surface area contributed by atoms with Crippen molar-refractivity contribution in [3.63, 3.8) is 0 Å². The average molecular weight is 378 g/mol. The molecule has 0 aromatic carbocycles. The van der Waals surface area contributed by atoms with E-state index in [0.29, 0.717) is 25.7 Å². The zero-order valence-corrected chi connectivity index (χ0v) is 16.0. The fourth-order valence-electron chi connectivity index (χ4n) is 5.08. The van der Waals surface area contributed by atoms with E-state index in [9.17, 15) is 21.6 Å². The van der Waals surface area contributed by atoms with Crippen molar-refractivity contribution in [3.05, 3.63) is 0 Å². The number of carbonyl (C=O) groups excluding carboxylic acids is 1. The zero-order chi connectivity index (χ0) is 17.8. The summed E-state index contributed by atoms with van der Waals surface area (Å²) in [5.74, 6) is -0.229. The van der Waals surface area contributed by atoms with Crippen molar-refractivity contribution in [1.82, 2.24) is 4.13 Å². The average Bonchev–Trinajstić information content (AvgIpc) is 2.80. The number of fused-ring (bicyclic) bond motifs is 2. The summed E-state index contributed by atoms with van der Waals surface area (Å²) in [6, 6.07) is 0. The van der Waals surface area contributed by atoms with Crippen LogP contribution in [0.5, 0.6) is 0 Å². The van der Waals surface area contributed by atoms with Gasteiger partial charge in [0.25, 0.3) is 0 Å². The van der Waals surface area contributed by atoms with Gasteiger partial charge in [0.1, 0.15) is 5.78 Å². The predicted octanol–water partition coefficient (Wildman–Crippen LogP) is 1.96. The topological polar surface area (TPSA) is 97.4 Å². The molecule has 0 saturated heterocycles. The Morgan fingerprint density at radius 3 is 2.17 bits per heavy atom. The molecule has 8 heteroatoms. The van der Waals surface area contributed by atoms with Crippen molar-refractivity contribution in [3.8, 4) is 0 Å². The van der Waals surface area contributed by atoms with Crippen LogP contribution in [0.3, 0.4) is 0 Å². The van der Waals surface area contributed by atoms with Crippen molar-refractivity contribution in [2.75, 3.05) is 5.75 Å². The SMILES string of the molecule is CC1(C)C2CCC1(CS(=O)(=O)NS(=O)(=O)C1CCCCC1)C(=O)C2. The van der Waals surface area contributed by atoms with Gasteiger partial charge in [0.15, 0.2) is 0 Å². The Hall–Kier alpha value is -0.470. The Bertz CT molecular complexity index is 734. The van der Waals surface area contributed by atoms with Crippen LogP contribution in [0.25, 0.3) is 0 Å². The number of ketones is 1. The van der Waals surface area contributed by atoms with E-state index in [1.165, 1.54) is 0 Å². The summed E-state index contributed by atoms with van der Waals surface area (Å²) in [7, 11) is -7.99. The molecule has 2 unspecified atom stereocenters. The van der Waals surface area contributed by atoms with Crippen LogP contribution in [-0.4, -0.2) is 33.6 Å². The van der Waals surface area contributed by atoms with Crippen LogP contribution in [0.15, 0.2) is 0 Å². The molecule has 3 aliphatic rings. The van der Waals surface area contributed by atoms with Crippen LogP contribution in [0.1, 0.15) is 65.2 Å². The van der Waals surface area contributed by atoms with Gasteiger partial charge in [-0.2, -0.15) is 0 Å². The minimum atomic E-state index is -4.08. The predicted molar refractivity (Wildman–Crippen MR) is 91.3 cm³/mol. The van der Waals surface area contributed by atoms with Crippen molar-refractivity contribution >= 4 is 25.8 Å². The van der Waals surface area contributed by atoms with Gasteiger partial charge in [0.05, 0.1) is 11.0 Å². The summed E-state index contributed by atoms with van der Waals surface area (Å²) in [4.78, 5) is 12.5. The summed E-state index contributed by atoms with van der Waals surface area (Å²) in [6.45, 7) is 3.89. The highest BCUT2D eigenvalue weighted by atomic mass is 32.3. The van der Waals surface area contributed by atoms with Gasteiger partial charge in [-0.05, 0) is 37.0 Å².